The highest BCUT2D eigenvalue weighted by Gasteiger charge is 2.41. The minimum atomic E-state index is -1.83. The number of rotatable bonds is 4. The summed E-state index contributed by atoms with van der Waals surface area (Å²) in [4.78, 5) is 21.7. The molecule has 1 fully saturated rings. The maximum atomic E-state index is 12.8. The molecule has 8 heteroatoms. The number of thioether (sulfide) groups is 1. The van der Waals surface area contributed by atoms with E-state index in [1.807, 2.05) is 10.8 Å². The molecule has 0 saturated heterocycles. The highest BCUT2D eigenvalue weighted by molar-refractivity contribution is 7.98. The zero-order valence-electron chi connectivity index (χ0n) is 17.1. The topological polar surface area (TPSA) is 83.0 Å². The minimum Gasteiger partial charge on any atom is -0.414 e. The lowest BCUT2D eigenvalue weighted by Gasteiger charge is -2.38. The smallest absolute Gasteiger partial charge is 0.254 e. The van der Waals surface area contributed by atoms with Crippen LogP contribution in [0.1, 0.15) is 46.1 Å². The van der Waals surface area contributed by atoms with Gasteiger partial charge in [-0.25, -0.2) is 9.97 Å². The molecule has 0 amide bonds. The van der Waals surface area contributed by atoms with Gasteiger partial charge in [-0.15, -0.1) is 0 Å². The first kappa shape index (κ1) is 20.4. The molecule has 2 N–H and O–H groups in total. The molecular formula is C19H30N4O2SSi. The van der Waals surface area contributed by atoms with Gasteiger partial charge in [0.2, 0.25) is 0 Å². The zero-order valence-corrected chi connectivity index (χ0v) is 18.9. The summed E-state index contributed by atoms with van der Waals surface area (Å²) in [6.45, 7) is 11.3. The molecule has 1 aliphatic rings. The average Bonchev–Trinajstić information content (AvgIpc) is 3.00. The van der Waals surface area contributed by atoms with Crippen LogP contribution >= 0.6 is 11.8 Å². The van der Waals surface area contributed by atoms with E-state index in [0.717, 1.165) is 24.6 Å². The van der Waals surface area contributed by atoms with Gasteiger partial charge < -0.3 is 10.2 Å². The van der Waals surface area contributed by atoms with Crippen molar-refractivity contribution in [3.8, 4) is 0 Å². The highest BCUT2D eigenvalue weighted by Crippen LogP contribution is 2.41. The van der Waals surface area contributed by atoms with Crippen LogP contribution in [0.25, 0.3) is 11.0 Å². The van der Waals surface area contributed by atoms with Crippen molar-refractivity contribution in [2.45, 2.75) is 75.5 Å². The van der Waals surface area contributed by atoms with Crippen LogP contribution in [-0.2, 0) is 4.43 Å². The summed E-state index contributed by atoms with van der Waals surface area (Å²) in [6, 6.07) is 1.58. The molecule has 2 unspecified atom stereocenters. The molecule has 3 rings (SSSR count). The second-order valence-corrected chi connectivity index (χ2v) is 14.4. The number of nitrogens with two attached hydrogens (primary N) is 1. The van der Waals surface area contributed by atoms with Crippen LogP contribution in [-0.4, -0.2) is 35.2 Å². The molecule has 2 atom stereocenters. The lowest BCUT2D eigenvalue weighted by Crippen LogP contribution is -2.43. The van der Waals surface area contributed by atoms with Crippen molar-refractivity contribution in [3.05, 3.63) is 22.6 Å². The molecule has 1 aliphatic carbocycles. The Hall–Kier alpha value is -1.38. The monoisotopic (exact) mass is 406 g/mol. The number of pyridine rings is 1. The van der Waals surface area contributed by atoms with E-state index >= 15 is 0 Å². The average molecular weight is 407 g/mol. The molecule has 27 heavy (non-hydrogen) atoms. The van der Waals surface area contributed by atoms with E-state index in [-0.39, 0.29) is 22.7 Å². The molecule has 0 radical (unpaired) electrons. The molecule has 2 aromatic rings. The van der Waals surface area contributed by atoms with E-state index in [4.69, 9.17) is 10.2 Å². The third kappa shape index (κ3) is 3.93. The van der Waals surface area contributed by atoms with E-state index in [9.17, 15) is 4.79 Å². The maximum Gasteiger partial charge on any atom is 0.254 e. The zero-order chi connectivity index (χ0) is 20.0. The van der Waals surface area contributed by atoms with Crippen LogP contribution in [0.15, 0.2) is 22.2 Å². The Balaban J connectivity index is 1.94. The summed E-state index contributed by atoms with van der Waals surface area (Å²) in [5.41, 5.74) is 7.03. The van der Waals surface area contributed by atoms with Crippen molar-refractivity contribution >= 4 is 36.8 Å². The molecular weight excluding hydrogens is 376 g/mol. The predicted molar refractivity (Wildman–Crippen MR) is 115 cm³/mol. The van der Waals surface area contributed by atoms with Crippen molar-refractivity contribution < 1.29 is 4.43 Å². The molecule has 0 aliphatic heterocycles. The van der Waals surface area contributed by atoms with Crippen LogP contribution < -0.4 is 11.3 Å². The lowest BCUT2D eigenvalue weighted by molar-refractivity contribution is 0.183. The second-order valence-electron chi connectivity index (χ2n) is 8.87. The Morgan fingerprint density at radius 3 is 2.67 bits per heavy atom. The molecule has 0 spiro atoms. The first-order valence-corrected chi connectivity index (χ1v) is 13.6. The van der Waals surface area contributed by atoms with Crippen LogP contribution in [0.3, 0.4) is 0 Å². The number of aromatic nitrogens is 3. The fourth-order valence-corrected chi connectivity index (χ4v) is 5.17. The summed E-state index contributed by atoms with van der Waals surface area (Å²) in [5, 5.41) is 1.56. The number of hydrogen-bond donors (Lipinski definition) is 1. The number of anilines is 1. The van der Waals surface area contributed by atoms with Crippen LogP contribution in [0.2, 0.25) is 18.1 Å². The van der Waals surface area contributed by atoms with Gasteiger partial charge in [-0.2, -0.15) is 0 Å². The van der Waals surface area contributed by atoms with Gasteiger partial charge in [0.15, 0.2) is 13.5 Å². The molecule has 0 aromatic carbocycles. The van der Waals surface area contributed by atoms with Gasteiger partial charge in [-0.05, 0) is 43.7 Å². The van der Waals surface area contributed by atoms with Gasteiger partial charge in [-0.3, -0.25) is 9.36 Å². The van der Waals surface area contributed by atoms with Gasteiger partial charge in [-0.1, -0.05) is 32.5 Å². The Morgan fingerprint density at radius 1 is 1.33 bits per heavy atom. The van der Waals surface area contributed by atoms with Crippen LogP contribution in [0.5, 0.6) is 0 Å². The summed E-state index contributed by atoms with van der Waals surface area (Å²) in [6.07, 6.45) is 6.56. The second kappa shape index (κ2) is 7.22. The fourth-order valence-electron chi connectivity index (χ4n) is 3.43. The van der Waals surface area contributed by atoms with Crippen molar-refractivity contribution in [1.82, 2.24) is 14.5 Å². The van der Waals surface area contributed by atoms with Crippen molar-refractivity contribution in [2.24, 2.45) is 0 Å². The quantitative estimate of drug-likeness (QED) is 0.465. The first-order chi connectivity index (χ1) is 12.5. The van der Waals surface area contributed by atoms with Crippen molar-refractivity contribution in [3.63, 3.8) is 0 Å². The largest absolute Gasteiger partial charge is 0.414 e. The molecule has 2 heterocycles. The standard InChI is InChI=1S/C19H30N4O2SSi/c1-19(2,3)27(5,6)25-13-8-7-12(9-13)23-16(24)10-15(20)14-11-21-18(26-4)22-17(14)23/h10-13H,7-9,20H2,1-6H3. The van der Waals surface area contributed by atoms with Gasteiger partial charge in [0, 0.05) is 30.1 Å². The predicted octanol–water partition coefficient (Wildman–Crippen LogP) is 4.21. The third-order valence-corrected chi connectivity index (χ3v) is 11.1. The normalized spacial score (nSPS) is 21.1. The highest BCUT2D eigenvalue weighted by atomic mass is 32.2. The van der Waals surface area contributed by atoms with Gasteiger partial charge in [0.25, 0.3) is 5.56 Å². The molecule has 148 valence electrons. The summed E-state index contributed by atoms with van der Waals surface area (Å²) >= 11 is 1.46. The fraction of sp³-hybridized carbons (Fsp3) is 0.632. The third-order valence-electron chi connectivity index (χ3n) is 5.97. The number of nitrogens with zero attached hydrogens (tertiary/aromatic N) is 3. The van der Waals surface area contributed by atoms with Crippen LogP contribution in [0, 0.1) is 0 Å². The van der Waals surface area contributed by atoms with Gasteiger partial charge in [0.05, 0.1) is 5.39 Å². The van der Waals surface area contributed by atoms with Crippen LogP contribution in [0.4, 0.5) is 5.69 Å². The SMILES string of the molecule is CSc1ncc2c(N)cc(=O)n(C3CCC(O[Si](C)(C)C(C)(C)C)C3)c2n1. The van der Waals surface area contributed by atoms with Gasteiger partial charge in [0.1, 0.15) is 5.65 Å². The number of hydrogen-bond acceptors (Lipinski definition) is 6. The van der Waals surface area contributed by atoms with Crippen molar-refractivity contribution in [1.29, 1.82) is 0 Å². The lowest BCUT2D eigenvalue weighted by atomic mass is 10.2. The molecule has 1 saturated carbocycles. The Morgan fingerprint density at radius 2 is 2.04 bits per heavy atom. The number of nitrogen functional groups attached to an aromatic ring is 1. The molecule has 2 aromatic heterocycles. The van der Waals surface area contributed by atoms with E-state index in [1.165, 1.54) is 17.8 Å². The van der Waals surface area contributed by atoms with E-state index < -0.39 is 8.32 Å². The van der Waals surface area contributed by atoms with E-state index in [0.29, 0.717) is 16.5 Å². The van der Waals surface area contributed by atoms with Gasteiger partial charge >= 0.3 is 0 Å². The van der Waals surface area contributed by atoms with Crippen molar-refractivity contribution in [2.75, 3.05) is 12.0 Å². The Kier molecular flexibility index (Phi) is 5.44. The Labute approximate surface area is 166 Å². The first-order valence-electron chi connectivity index (χ1n) is 9.43. The summed E-state index contributed by atoms with van der Waals surface area (Å²) < 4.78 is 8.41. The Bertz CT molecular complexity index is 907. The minimum absolute atomic E-state index is 0.0833. The number of fused-ring (bicyclic) bond motifs is 1. The maximum absolute atomic E-state index is 12.8. The van der Waals surface area contributed by atoms with E-state index in [1.54, 1.807) is 6.20 Å². The summed E-state index contributed by atoms with van der Waals surface area (Å²) in [5.74, 6) is 0. The molecule has 6 nitrogen and oxygen atoms in total. The molecule has 0 bridgehead atoms. The van der Waals surface area contributed by atoms with E-state index in [2.05, 4.69) is 43.8 Å². The summed E-state index contributed by atoms with van der Waals surface area (Å²) in [7, 11) is -1.83.